The lowest BCUT2D eigenvalue weighted by molar-refractivity contribution is 0.0696. The fourth-order valence-electron chi connectivity index (χ4n) is 1.17. The molecule has 0 radical (unpaired) electrons. The Morgan fingerprint density at radius 1 is 1.67 bits per heavy atom. The van der Waals surface area contributed by atoms with Crippen LogP contribution >= 0.6 is 11.6 Å². The summed E-state index contributed by atoms with van der Waals surface area (Å²) in [6, 6.07) is 0. The first kappa shape index (κ1) is 11.5. The summed E-state index contributed by atoms with van der Waals surface area (Å²) in [5, 5.41) is 19.1. The average Bonchev–Trinajstić information content (AvgIpc) is 2.15. The van der Waals surface area contributed by atoms with Crippen molar-refractivity contribution in [2.75, 3.05) is 12.4 Å². The number of aromatic nitrogens is 1. The fourth-order valence-corrected chi connectivity index (χ4v) is 1.53. The van der Waals surface area contributed by atoms with Gasteiger partial charge in [0.2, 0.25) is 0 Å². The van der Waals surface area contributed by atoms with Crippen molar-refractivity contribution >= 4 is 29.1 Å². The van der Waals surface area contributed by atoms with E-state index in [1.807, 2.05) is 0 Å². The number of pyridine rings is 1. The van der Waals surface area contributed by atoms with Gasteiger partial charge in [-0.2, -0.15) is 0 Å². The van der Waals surface area contributed by atoms with Crippen molar-refractivity contribution in [3.63, 3.8) is 0 Å². The number of carbonyl (C=O) groups is 1. The standard InChI is InChI=1S/C9H10ClN3O2/c1-4(11)6-7(10)5(9(14)15)3-13-8(6)12-2/h3,11H,1-2H3,(H,12,13)(H,14,15). The van der Waals surface area contributed by atoms with Crippen molar-refractivity contribution in [3.8, 4) is 0 Å². The third-order valence-electron chi connectivity index (χ3n) is 1.86. The molecule has 1 aromatic heterocycles. The molecule has 0 aromatic carbocycles. The molecule has 0 spiro atoms. The molecule has 80 valence electrons. The summed E-state index contributed by atoms with van der Waals surface area (Å²) in [6.07, 6.45) is 1.17. The molecule has 3 N–H and O–H groups in total. The summed E-state index contributed by atoms with van der Waals surface area (Å²) in [7, 11) is 1.63. The van der Waals surface area contributed by atoms with E-state index < -0.39 is 5.97 Å². The second-order valence-electron chi connectivity index (χ2n) is 2.89. The fraction of sp³-hybridized carbons (Fsp3) is 0.222. The minimum absolute atomic E-state index is 0.0364. The van der Waals surface area contributed by atoms with E-state index in [1.165, 1.54) is 13.1 Å². The molecule has 1 heterocycles. The molecule has 0 saturated carbocycles. The van der Waals surface area contributed by atoms with Crippen LogP contribution in [-0.4, -0.2) is 28.8 Å². The van der Waals surface area contributed by atoms with Gasteiger partial charge in [0.1, 0.15) is 5.82 Å². The Balaban J connectivity index is 3.49. The van der Waals surface area contributed by atoms with Gasteiger partial charge in [0.05, 0.1) is 16.1 Å². The summed E-state index contributed by atoms with van der Waals surface area (Å²) >= 11 is 5.88. The molecule has 0 atom stereocenters. The Labute approximate surface area is 91.6 Å². The molecule has 0 aliphatic carbocycles. The summed E-state index contributed by atoms with van der Waals surface area (Å²) in [6.45, 7) is 1.52. The lowest BCUT2D eigenvalue weighted by Crippen LogP contribution is -2.08. The van der Waals surface area contributed by atoms with Gasteiger partial charge in [-0.25, -0.2) is 9.78 Å². The van der Waals surface area contributed by atoms with Crippen LogP contribution in [0.2, 0.25) is 5.02 Å². The van der Waals surface area contributed by atoms with Crippen LogP contribution in [0.5, 0.6) is 0 Å². The number of rotatable bonds is 3. The van der Waals surface area contributed by atoms with Crippen molar-refractivity contribution in [2.24, 2.45) is 0 Å². The van der Waals surface area contributed by atoms with Gasteiger partial charge in [0, 0.05) is 19.0 Å². The summed E-state index contributed by atoms with van der Waals surface area (Å²) in [5.41, 5.74) is 0.385. The SMILES string of the molecule is CNc1ncc(C(=O)O)c(Cl)c1C(C)=N. The smallest absolute Gasteiger partial charge is 0.338 e. The van der Waals surface area contributed by atoms with Crippen LogP contribution in [0, 0.1) is 5.41 Å². The number of aromatic carboxylic acids is 1. The Hall–Kier alpha value is -1.62. The van der Waals surface area contributed by atoms with Crippen LogP contribution in [0.4, 0.5) is 5.82 Å². The number of hydrogen-bond acceptors (Lipinski definition) is 4. The predicted molar refractivity (Wildman–Crippen MR) is 58.3 cm³/mol. The molecule has 1 rings (SSSR count). The quantitative estimate of drug-likeness (QED) is 0.688. The van der Waals surface area contributed by atoms with Gasteiger partial charge >= 0.3 is 5.97 Å². The zero-order chi connectivity index (χ0) is 11.6. The zero-order valence-electron chi connectivity index (χ0n) is 8.26. The average molecular weight is 228 g/mol. The molecule has 0 aliphatic rings. The minimum atomic E-state index is -1.15. The first-order valence-electron chi connectivity index (χ1n) is 4.14. The van der Waals surface area contributed by atoms with Gasteiger partial charge in [-0.1, -0.05) is 11.6 Å². The van der Waals surface area contributed by atoms with Gasteiger partial charge in [-0.05, 0) is 6.92 Å². The lowest BCUT2D eigenvalue weighted by Gasteiger charge is -2.10. The molecule has 0 amide bonds. The van der Waals surface area contributed by atoms with Gasteiger partial charge in [-0.15, -0.1) is 0 Å². The molecule has 15 heavy (non-hydrogen) atoms. The summed E-state index contributed by atoms with van der Waals surface area (Å²) in [5.74, 6) is -0.754. The normalized spacial score (nSPS) is 9.80. The first-order valence-corrected chi connectivity index (χ1v) is 4.52. The second-order valence-corrected chi connectivity index (χ2v) is 3.27. The van der Waals surface area contributed by atoms with Crippen LogP contribution in [0.15, 0.2) is 6.20 Å². The highest BCUT2D eigenvalue weighted by molar-refractivity contribution is 6.37. The van der Waals surface area contributed by atoms with Gasteiger partial charge < -0.3 is 15.8 Å². The van der Waals surface area contributed by atoms with E-state index in [0.29, 0.717) is 11.4 Å². The maximum atomic E-state index is 10.8. The lowest BCUT2D eigenvalue weighted by atomic mass is 10.1. The van der Waals surface area contributed by atoms with Crippen molar-refractivity contribution in [2.45, 2.75) is 6.92 Å². The van der Waals surface area contributed by atoms with Crippen molar-refractivity contribution in [3.05, 3.63) is 22.3 Å². The first-order chi connectivity index (χ1) is 6.99. The van der Waals surface area contributed by atoms with Gasteiger partial charge in [0.25, 0.3) is 0 Å². The van der Waals surface area contributed by atoms with Crippen LogP contribution in [0.1, 0.15) is 22.8 Å². The van der Waals surface area contributed by atoms with E-state index >= 15 is 0 Å². The van der Waals surface area contributed by atoms with Crippen LogP contribution < -0.4 is 5.32 Å². The second kappa shape index (κ2) is 4.27. The van der Waals surface area contributed by atoms with Crippen LogP contribution in [0.3, 0.4) is 0 Å². The molecule has 1 aromatic rings. The Kier molecular flexibility index (Phi) is 3.26. The Morgan fingerprint density at radius 3 is 2.67 bits per heavy atom. The van der Waals surface area contributed by atoms with E-state index in [9.17, 15) is 4.79 Å². The van der Waals surface area contributed by atoms with Crippen molar-refractivity contribution in [1.82, 2.24) is 4.98 Å². The maximum Gasteiger partial charge on any atom is 0.338 e. The minimum Gasteiger partial charge on any atom is -0.478 e. The molecule has 0 bridgehead atoms. The van der Waals surface area contributed by atoms with Gasteiger partial charge in [-0.3, -0.25) is 0 Å². The van der Waals surface area contributed by atoms with Crippen molar-refractivity contribution in [1.29, 1.82) is 5.41 Å². The molecule has 6 heteroatoms. The molecule has 5 nitrogen and oxygen atoms in total. The van der Waals surface area contributed by atoms with E-state index in [-0.39, 0.29) is 16.3 Å². The largest absolute Gasteiger partial charge is 0.478 e. The zero-order valence-corrected chi connectivity index (χ0v) is 9.01. The van der Waals surface area contributed by atoms with E-state index in [0.717, 1.165) is 0 Å². The highest BCUT2D eigenvalue weighted by Gasteiger charge is 2.17. The van der Waals surface area contributed by atoms with E-state index in [2.05, 4.69) is 10.3 Å². The monoisotopic (exact) mass is 227 g/mol. The molecular weight excluding hydrogens is 218 g/mol. The maximum absolute atomic E-state index is 10.8. The Bertz CT molecular complexity index is 432. The topological polar surface area (TPSA) is 86.1 Å². The summed E-state index contributed by atoms with van der Waals surface area (Å²) in [4.78, 5) is 14.7. The number of nitrogens with zero attached hydrogens (tertiary/aromatic N) is 1. The Morgan fingerprint density at radius 2 is 2.27 bits per heavy atom. The highest BCUT2D eigenvalue weighted by Crippen LogP contribution is 2.26. The summed E-state index contributed by atoms with van der Waals surface area (Å²) < 4.78 is 0. The van der Waals surface area contributed by atoms with Crippen LogP contribution in [0.25, 0.3) is 0 Å². The third-order valence-corrected chi connectivity index (χ3v) is 2.25. The predicted octanol–water partition coefficient (Wildman–Crippen LogP) is 1.86. The number of hydrogen-bond donors (Lipinski definition) is 3. The molecule has 0 unspecified atom stereocenters. The van der Waals surface area contributed by atoms with Crippen LogP contribution in [-0.2, 0) is 0 Å². The number of nitrogens with one attached hydrogen (secondary N) is 2. The number of carboxylic acids is 1. The number of carboxylic acid groups (broad SMARTS) is 1. The molecule has 0 saturated heterocycles. The highest BCUT2D eigenvalue weighted by atomic mass is 35.5. The number of halogens is 1. The van der Waals surface area contributed by atoms with Gasteiger partial charge in [0.15, 0.2) is 0 Å². The number of anilines is 1. The molecule has 0 aliphatic heterocycles. The van der Waals surface area contributed by atoms with E-state index in [4.69, 9.17) is 22.1 Å². The van der Waals surface area contributed by atoms with E-state index in [1.54, 1.807) is 7.05 Å². The third kappa shape index (κ3) is 2.07. The molecular formula is C9H10ClN3O2. The van der Waals surface area contributed by atoms with Crippen molar-refractivity contribution < 1.29 is 9.90 Å². The molecule has 0 fully saturated rings.